The number of hydrazone groups is 1. The summed E-state index contributed by atoms with van der Waals surface area (Å²) in [5.41, 5.74) is -6.02. The molecule has 2 heterocycles. The molecule has 0 saturated carbocycles. The second-order valence-corrected chi connectivity index (χ2v) is 7.46. The van der Waals surface area contributed by atoms with Gasteiger partial charge in [-0.25, -0.2) is 0 Å². The molecule has 5 nitrogen and oxygen atoms in total. The van der Waals surface area contributed by atoms with Crippen LogP contribution in [-0.4, -0.2) is 45.5 Å². The van der Waals surface area contributed by atoms with E-state index in [0.717, 1.165) is 6.07 Å². The lowest BCUT2D eigenvalue weighted by Crippen LogP contribution is -2.58. The summed E-state index contributed by atoms with van der Waals surface area (Å²) in [5.74, 6) is -13.8. The molecule has 0 spiro atoms. The smallest absolute Gasteiger partial charge is 0.456 e. The van der Waals surface area contributed by atoms with Crippen molar-refractivity contribution in [1.82, 2.24) is 5.01 Å². The van der Waals surface area contributed by atoms with E-state index in [9.17, 15) is 40.6 Å². The Morgan fingerprint density at radius 1 is 1.14 bits per heavy atom. The van der Waals surface area contributed by atoms with E-state index in [1.807, 2.05) is 0 Å². The molecule has 1 N–H and O–H groups in total. The van der Waals surface area contributed by atoms with Gasteiger partial charge in [0.25, 0.3) is 0 Å². The van der Waals surface area contributed by atoms with Crippen LogP contribution in [0.5, 0.6) is 0 Å². The Hall–Kier alpha value is -2.11. The van der Waals surface area contributed by atoms with Crippen LogP contribution in [0.1, 0.15) is 43.5 Å². The van der Waals surface area contributed by atoms with Gasteiger partial charge in [-0.05, 0) is 19.1 Å². The largest absolute Gasteiger partial charge is 0.460 e. The van der Waals surface area contributed by atoms with Crippen molar-refractivity contribution in [3.63, 3.8) is 0 Å². The molecule has 0 bridgehead atoms. The number of alkyl halides is 7. The molecule has 0 fully saturated rings. The summed E-state index contributed by atoms with van der Waals surface area (Å²) < 4.78 is 97.5. The zero-order valence-corrected chi connectivity index (χ0v) is 15.2. The molecule has 28 heavy (non-hydrogen) atoms. The van der Waals surface area contributed by atoms with Crippen molar-refractivity contribution in [3.8, 4) is 0 Å². The van der Waals surface area contributed by atoms with E-state index in [4.69, 9.17) is 4.42 Å². The molecule has 0 aliphatic carbocycles. The summed E-state index contributed by atoms with van der Waals surface area (Å²) >= 11 is 0. The van der Waals surface area contributed by atoms with Crippen LogP contribution >= 0.6 is 0 Å². The number of halogens is 7. The normalized spacial score (nSPS) is 21.9. The number of nitrogens with zero attached hydrogens (tertiary/aromatic N) is 2. The number of hydrogen-bond donors (Lipinski definition) is 1. The molecule has 1 aromatic heterocycles. The monoisotopic (exact) mass is 418 g/mol. The van der Waals surface area contributed by atoms with E-state index < -0.39 is 53.0 Å². The maximum atomic E-state index is 14.1. The summed E-state index contributed by atoms with van der Waals surface area (Å²) in [7, 11) is 0. The lowest BCUT2D eigenvalue weighted by Gasteiger charge is -2.41. The Kier molecular flexibility index (Phi) is 4.91. The Morgan fingerprint density at radius 3 is 2.07 bits per heavy atom. The lowest BCUT2D eigenvalue weighted by molar-refractivity contribution is -0.336. The zero-order valence-electron chi connectivity index (χ0n) is 15.2. The lowest BCUT2D eigenvalue weighted by atomic mass is 9.79. The van der Waals surface area contributed by atoms with Gasteiger partial charge in [-0.1, -0.05) is 20.8 Å². The average Bonchev–Trinajstić information content (AvgIpc) is 3.09. The fourth-order valence-corrected chi connectivity index (χ4v) is 2.53. The summed E-state index contributed by atoms with van der Waals surface area (Å²) in [6.45, 7) is 5.28. The highest BCUT2D eigenvalue weighted by molar-refractivity contribution is 5.99. The Morgan fingerprint density at radius 2 is 1.68 bits per heavy atom. The summed E-state index contributed by atoms with van der Waals surface area (Å²) in [6.07, 6.45) is -7.99. The number of aliphatic hydroxyl groups is 1. The van der Waals surface area contributed by atoms with Gasteiger partial charge in [0, 0.05) is 11.8 Å². The van der Waals surface area contributed by atoms with Gasteiger partial charge >= 0.3 is 23.9 Å². The van der Waals surface area contributed by atoms with E-state index in [1.165, 1.54) is 33.8 Å². The molecular formula is C16H17F7N2O3. The second kappa shape index (κ2) is 6.19. The first-order valence-electron chi connectivity index (χ1n) is 7.90. The highest BCUT2D eigenvalue weighted by Gasteiger charge is 2.76. The zero-order chi connectivity index (χ0) is 21.9. The Balaban J connectivity index is 2.58. The molecule has 158 valence electrons. The van der Waals surface area contributed by atoms with E-state index >= 15 is 0 Å². The van der Waals surface area contributed by atoms with E-state index in [-0.39, 0.29) is 10.8 Å². The van der Waals surface area contributed by atoms with Crippen molar-refractivity contribution in [1.29, 1.82) is 0 Å². The molecular weight excluding hydrogens is 401 g/mol. The molecule has 0 unspecified atom stereocenters. The average molecular weight is 418 g/mol. The molecule has 1 aliphatic rings. The molecule has 0 saturated heterocycles. The molecule has 0 aromatic carbocycles. The van der Waals surface area contributed by atoms with E-state index in [2.05, 4.69) is 5.10 Å². The molecule has 12 heteroatoms. The van der Waals surface area contributed by atoms with Crippen LogP contribution in [0.25, 0.3) is 0 Å². The predicted octanol–water partition coefficient (Wildman–Crippen LogP) is 4.36. The van der Waals surface area contributed by atoms with Crippen LogP contribution in [0, 0.1) is 12.3 Å². The quantitative estimate of drug-likeness (QED) is 0.742. The minimum absolute atomic E-state index is 0.0704. The molecule has 1 amide bonds. The Labute approximate surface area is 154 Å². The van der Waals surface area contributed by atoms with Crippen molar-refractivity contribution >= 4 is 11.6 Å². The third-order valence-electron chi connectivity index (χ3n) is 4.44. The van der Waals surface area contributed by atoms with Gasteiger partial charge in [-0.2, -0.15) is 40.8 Å². The fourth-order valence-electron chi connectivity index (χ4n) is 2.53. The number of rotatable bonds is 3. The SMILES string of the molecule is Cc1ccc(C(=O)N2N=C(C(F)(F)C(F)(F)C(F)(F)F)C[C@]2(O)C(C)(C)C)o1. The van der Waals surface area contributed by atoms with Crippen molar-refractivity contribution in [2.75, 3.05) is 0 Å². The number of hydrogen-bond acceptors (Lipinski definition) is 4. The first kappa shape index (κ1) is 22.2. The van der Waals surface area contributed by atoms with Crippen LogP contribution in [0.15, 0.2) is 21.7 Å². The first-order chi connectivity index (χ1) is 12.4. The summed E-state index contributed by atoms with van der Waals surface area (Å²) in [5, 5.41) is 13.9. The van der Waals surface area contributed by atoms with Gasteiger partial charge in [-0.15, -0.1) is 0 Å². The van der Waals surface area contributed by atoms with Crippen molar-refractivity contribution < 1.29 is 45.1 Å². The number of carbonyl (C=O) groups excluding carboxylic acids is 1. The van der Waals surface area contributed by atoms with Crippen LogP contribution in [0.2, 0.25) is 0 Å². The molecule has 2 rings (SSSR count). The Bertz CT molecular complexity index is 808. The van der Waals surface area contributed by atoms with Crippen molar-refractivity contribution in [2.45, 2.75) is 57.9 Å². The second-order valence-electron chi connectivity index (χ2n) is 7.46. The predicted molar refractivity (Wildman–Crippen MR) is 82.0 cm³/mol. The first-order valence-corrected chi connectivity index (χ1v) is 7.90. The highest BCUT2D eigenvalue weighted by Crippen LogP contribution is 2.51. The van der Waals surface area contributed by atoms with Gasteiger partial charge in [0.05, 0.1) is 0 Å². The van der Waals surface area contributed by atoms with Crippen LogP contribution in [0.3, 0.4) is 0 Å². The van der Waals surface area contributed by atoms with Crippen LogP contribution in [-0.2, 0) is 0 Å². The standard InChI is InChI=1S/C16H17F7N2O3/c1-8-5-6-9(28-8)11(26)25-13(27,12(2,3)4)7-10(24-25)14(17,18)15(19,20)16(21,22)23/h5-6,27H,7H2,1-4H3/t13-/m0/s1. The maximum Gasteiger partial charge on any atom is 0.460 e. The molecule has 1 aliphatic heterocycles. The van der Waals surface area contributed by atoms with Gasteiger partial charge < -0.3 is 9.52 Å². The van der Waals surface area contributed by atoms with Gasteiger partial charge in [-0.3, -0.25) is 4.79 Å². The van der Waals surface area contributed by atoms with E-state index in [1.54, 1.807) is 0 Å². The number of amides is 1. The van der Waals surface area contributed by atoms with Crippen LogP contribution < -0.4 is 0 Å². The fraction of sp³-hybridized carbons (Fsp3) is 0.625. The maximum absolute atomic E-state index is 14.1. The van der Waals surface area contributed by atoms with E-state index in [0.29, 0.717) is 0 Å². The minimum atomic E-state index is -6.57. The van der Waals surface area contributed by atoms with Gasteiger partial charge in [0.1, 0.15) is 11.5 Å². The van der Waals surface area contributed by atoms with Crippen LogP contribution in [0.4, 0.5) is 30.7 Å². The van der Waals surface area contributed by atoms with Crippen molar-refractivity contribution in [3.05, 3.63) is 23.7 Å². The van der Waals surface area contributed by atoms with Gasteiger partial charge in [0.15, 0.2) is 11.5 Å². The summed E-state index contributed by atoms with van der Waals surface area (Å²) in [4.78, 5) is 12.6. The summed E-state index contributed by atoms with van der Waals surface area (Å²) in [6, 6.07) is 2.45. The van der Waals surface area contributed by atoms with Gasteiger partial charge in [0.2, 0.25) is 0 Å². The number of aryl methyl sites for hydroxylation is 1. The third-order valence-corrected chi connectivity index (χ3v) is 4.44. The molecule has 1 aromatic rings. The molecule has 1 atom stereocenters. The highest BCUT2D eigenvalue weighted by atomic mass is 19.4. The minimum Gasteiger partial charge on any atom is -0.456 e. The molecule has 0 radical (unpaired) electrons. The third kappa shape index (κ3) is 3.16. The van der Waals surface area contributed by atoms with Crippen molar-refractivity contribution in [2.24, 2.45) is 10.5 Å². The topological polar surface area (TPSA) is 66.0 Å². The number of carbonyl (C=O) groups is 1. The number of furan rings is 1.